The molecule has 1 fully saturated rings. The van der Waals surface area contributed by atoms with Crippen LogP contribution in [-0.4, -0.2) is 62.4 Å². The van der Waals surface area contributed by atoms with Crippen LogP contribution in [0.5, 0.6) is 5.75 Å². The van der Waals surface area contributed by atoms with E-state index in [1.54, 1.807) is 18.2 Å². The fourth-order valence-corrected chi connectivity index (χ4v) is 3.11. The van der Waals surface area contributed by atoms with Gasteiger partial charge in [-0.3, -0.25) is 4.90 Å². The highest BCUT2D eigenvalue weighted by atomic mass is 127. The zero-order valence-electron chi connectivity index (χ0n) is 16.7. The first-order chi connectivity index (χ1) is 13.0. The Labute approximate surface area is 183 Å². The Morgan fingerprint density at radius 1 is 1.36 bits per heavy atom. The van der Waals surface area contributed by atoms with Crippen molar-refractivity contribution in [1.82, 2.24) is 15.5 Å². The molecule has 0 saturated carbocycles. The molecule has 0 aromatic heterocycles. The minimum atomic E-state index is -2.85. The van der Waals surface area contributed by atoms with E-state index in [2.05, 4.69) is 39.1 Å². The van der Waals surface area contributed by atoms with Gasteiger partial charge in [-0.1, -0.05) is 18.2 Å². The molecule has 2 N–H and O–H groups in total. The Morgan fingerprint density at radius 2 is 2.11 bits per heavy atom. The summed E-state index contributed by atoms with van der Waals surface area (Å²) in [5.41, 5.74) is 0.616. The summed E-state index contributed by atoms with van der Waals surface area (Å²) >= 11 is 0. The molecule has 0 spiro atoms. The van der Waals surface area contributed by atoms with Gasteiger partial charge in [0.25, 0.3) is 0 Å². The summed E-state index contributed by atoms with van der Waals surface area (Å²) in [6.07, 6.45) is 0. The highest BCUT2D eigenvalue weighted by Crippen LogP contribution is 2.21. The summed E-state index contributed by atoms with van der Waals surface area (Å²) in [5.74, 6) is 0.805. The second-order valence-corrected chi connectivity index (χ2v) is 6.57. The van der Waals surface area contributed by atoms with Crippen molar-refractivity contribution in [2.24, 2.45) is 4.99 Å². The summed E-state index contributed by atoms with van der Waals surface area (Å²) in [4.78, 5) is 6.92. The van der Waals surface area contributed by atoms with Crippen LogP contribution < -0.4 is 15.4 Å². The van der Waals surface area contributed by atoms with Crippen molar-refractivity contribution in [2.75, 3.05) is 32.8 Å². The van der Waals surface area contributed by atoms with Gasteiger partial charge in [0.2, 0.25) is 0 Å². The molecule has 1 aliphatic heterocycles. The van der Waals surface area contributed by atoms with Crippen LogP contribution in [0.1, 0.15) is 26.3 Å². The molecule has 0 amide bonds. The van der Waals surface area contributed by atoms with Crippen LogP contribution in [0.4, 0.5) is 8.78 Å². The summed E-state index contributed by atoms with van der Waals surface area (Å²) in [5, 5.41) is 6.53. The van der Waals surface area contributed by atoms with Crippen molar-refractivity contribution in [3.05, 3.63) is 29.8 Å². The second-order valence-electron chi connectivity index (χ2n) is 6.57. The van der Waals surface area contributed by atoms with Gasteiger partial charge < -0.3 is 20.1 Å². The molecule has 9 heteroatoms. The number of hydrogen-bond acceptors (Lipinski definition) is 4. The van der Waals surface area contributed by atoms with Crippen molar-refractivity contribution in [1.29, 1.82) is 0 Å². The van der Waals surface area contributed by atoms with Crippen LogP contribution in [0, 0.1) is 0 Å². The first-order valence-corrected chi connectivity index (χ1v) is 9.39. The number of nitrogens with one attached hydrogen (secondary N) is 2. The van der Waals surface area contributed by atoms with Crippen molar-refractivity contribution in [3.8, 4) is 5.75 Å². The Hall–Kier alpha value is -1.20. The van der Waals surface area contributed by atoms with Gasteiger partial charge in [0.1, 0.15) is 5.75 Å². The standard InChI is InChI=1S/C19H30F2N4O2.HI/c1-4-22-19(23-11-14(2)25-9-10-26-13-15(25)3)24-12-16-7-5-6-8-17(16)27-18(20)21;/h5-8,14-15,18H,4,9-13H2,1-3H3,(H2,22,23,24);1H. The molecule has 28 heavy (non-hydrogen) atoms. The van der Waals surface area contributed by atoms with Crippen LogP contribution in [0.3, 0.4) is 0 Å². The van der Waals surface area contributed by atoms with Gasteiger partial charge in [-0.15, -0.1) is 24.0 Å². The topological polar surface area (TPSA) is 58.1 Å². The SMILES string of the molecule is CCNC(=NCc1ccccc1OC(F)F)NCC(C)N1CCOCC1C.I. The van der Waals surface area contributed by atoms with Crippen LogP contribution in [0.2, 0.25) is 0 Å². The molecule has 0 bridgehead atoms. The largest absolute Gasteiger partial charge is 0.434 e. The Balaban J connectivity index is 0.00000392. The highest BCUT2D eigenvalue weighted by molar-refractivity contribution is 14.0. The Kier molecular flexibility index (Phi) is 11.6. The first kappa shape index (κ1) is 24.8. The second kappa shape index (κ2) is 13.1. The van der Waals surface area contributed by atoms with Crippen LogP contribution in [0.15, 0.2) is 29.3 Å². The van der Waals surface area contributed by atoms with Gasteiger partial charge in [0, 0.05) is 37.3 Å². The highest BCUT2D eigenvalue weighted by Gasteiger charge is 2.23. The van der Waals surface area contributed by atoms with Gasteiger partial charge >= 0.3 is 6.61 Å². The molecule has 2 unspecified atom stereocenters. The molecule has 1 saturated heterocycles. The maximum atomic E-state index is 12.5. The van der Waals surface area contributed by atoms with E-state index in [1.165, 1.54) is 6.07 Å². The number of guanidine groups is 1. The molecule has 2 rings (SSSR count). The maximum Gasteiger partial charge on any atom is 0.387 e. The molecule has 1 aromatic rings. The number of rotatable bonds is 8. The van der Waals surface area contributed by atoms with Gasteiger partial charge in [0.05, 0.1) is 19.8 Å². The number of para-hydroxylation sites is 1. The molecular formula is C19H31F2IN4O2. The van der Waals surface area contributed by atoms with E-state index >= 15 is 0 Å². The fraction of sp³-hybridized carbons (Fsp3) is 0.632. The molecule has 0 radical (unpaired) electrons. The lowest BCUT2D eigenvalue weighted by molar-refractivity contribution is -0.0504. The van der Waals surface area contributed by atoms with E-state index in [0.717, 1.165) is 26.3 Å². The van der Waals surface area contributed by atoms with E-state index in [0.29, 0.717) is 30.2 Å². The monoisotopic (exact) mass is 512 g/mol. The molecule has 0 aliphatic carbocycles. The van der Waals surface area contributed by atoms with Gasteiger partial charge in [-0.05, 0) is 26.8 Å². The lowest BCUT2D eigenvalue weighted by atomic mass is 10.2. The average Bonchev–Trinajstić information content (AvgIpc) is 2.64. The van der Waals surface area contributed by atoms with E-state index in [4.69, 9.17) is 4.74 Å². The molecule has 1 aromatic carbocycles. The minimum absolute atomic E-state index is 0. The Bertz CT molecular complexity index is 607. The third-order valence-electron chi connectivity index (χ3n) is 4.49. The first-order valence-electron chi connectivity index (χ1n) is 9.39. The zero-order chi connectivity index (χ0) is 19.6. The zero-order valence-corrected chi connectivity index (χ0v) is 19.0. The predicted molar refractivity (Wildman–Crippen MR) is 118 cm³/mol. The normalized spacial score (nSPS) is 19.1. The maximum absolute atomic E-state index is 12.5. The summed E-state index contributed by atoms with van der Waals surface area (Å²) < 4.78 is 35.1. The number of benzene rings is 1. The van der Waals surface area contributed by atoms with Crippen molar-refractivity contribution in [3.63, 3.8) is 0 Å². The quantitative estimate of drug-likeness (QED) is 0.319. The van der Waals surface area contributed by atoms with Gasteiger partial charge in [-0.25, -0.2) is 4.99 Å². The molecular weight excluding hydrogens is 481 g/mol. The van der Waals surface area contributed by atoms with Crippen LogP contribution in [-0.2, 0) is 11.3 Å². The molecule has 1 heterocycles. The summed E-state index contributed by atoms with van der Waals surface area (Å²) in [6, 6.07) is 7.42. The minimum Gasteiger partial charge on any atom is -0.434 e. The lowest BCUT2D eigenvalue weighted by Gasteiger charge is -2.38. The smallest absolute Gasteiger partial charge is 0.387 e. The third kappa shape index (κ3) is 8.04. The fourth-order valence-electron chi connectivity index (χ4n) is 3.11. The number of halogens is 3. The van der Waals surface area contributed by atoms with Gasteiger partial charge in [0.15, 0.2) is 5.96 Å². The molecule has 2 atom stereocenters. The number of hydrogen-bond donors (Lipinski definition) is 2. The summed E-state index contributed by atoms with van der Waals surface area (Å²) in [6.45, 7) is 7.57. The Morgan fingerprint density at radius 3 is 2.79 bits per heavy atom. The lowest BCUT2D eigenvalue weighted by Crippen LogP contribution is -2.53. The predicted octanol–water partition coefficient (Wildman–Crippen LogP) is 3.07. The van der Waals surface area contributed by atoms with E-state index in [9.17, 15) is 8.78 Å². The third-order valence-corrected chi connectivity index (χ3v) is 4.49. The number of alkyl halides is 2. The van der Waals surface area contributed by atoms with Gasteiger partial charge in [-0.2, -0.15) is 8.78 Å². The average molecular weight is 512 g/mol. The van der Waals surface area contributed by atoms with E-state index < -0.39 is 6.61 Å². The van der Waals surface area contributed by atoms with E-state index in [-0.39, 0.29) is 36.3 Å². The van der Waals surface area contributed by atoms with Crippen LogP contribution in [0.25, 0.3) is 0 Å². The number of nitrogens with zero attached hydrogens (tertiary/aromatic N) is 2. The van der Waals surface area contributed by atoms with Crippen molar-refractivity contribution < 1.29 is 18.3 Å². The van der Waals surface area contributed by atoms with Crippen molar-refractivity contribution in [2.45, 2.75) is 46.0 Å². The van der Waals surface area contributed by atoms with Crippen LogP contribution >= 0.6 is 24.0 Å². The molecule has 160 valence electrons. The van der Waals surface area contributed by atoms with Crippen molar-refractivity contribution >= 4 is 29.9 Å². The summed E-state index contributed by atoms with van der Waals surface area (Å²) in [7, 11) is 0. The number of morpholine rings is 1. The number of ether oxygens (including phenoxy) is 2. The number of aliphatic imine (C=N–C) groups is 1. The molecule has 1 aliphatic rings. The van der Waals surface area contributed by atoms with E-state index in [1.807, 2.05) is 6.92 Å². The molecule has 6 nitrogen and oxygen atoms in total.